The Balaban J connectivity index is 3.36. The van der Waals surface area contributed by atoms with Crippen LogP contribution in [0.2, 0.25) is 0 Å². The van der Waals surface area contributed by atoms with Crippen LogP contribution in [-0.2, 0) is 11.3 Å². The van der Waals surface area contributed by atoms with Crippen molar-refractivity contribution in [1.29, 1.82) is 0 Å². The number of carboxylic acid groups (broad SMARTS) is 2. The highest BCUT2D eigenvalue weighted by Gasteiger charge is 2.24. The molecule has 1 aromatic rings. The molecule has 0 spiro atoms. The summed E-state index contributed by atoms with van der Waals surface area (Å²) in [6.45, 7) is 0.608. The van der Waals surface area contributed by atoms with E-state index in [9.17, 15) is 24.5 Å². The van der Waals surface area contributed by atoms with Gasteiger partial charge >= 0.3 is 12.2 Å². The number of imide groups is 1. The first kappa shape index (κ1) is 16.9. The van der Waals surface area contributed by atoms with Gasteiger partial charge in [-0.15, -0.1) is 0 Å². The Bertz CT molecular complexity index is 630. The van der Waals surface area contributed by atoms with Gasteiger partial charge < -0.3 is 15.1 Å². The van der Waals surface area contributed by atoms with Crippen molar-refractivity contribution in [1.82, 2.24) is 4.90 Å². The van der Waals surface area contributed by atoms with E-state index in [1.807, 2.05) is 0 Å². The van der Waals surface area contributed by atoms with Gasteiger partial charge in [-0.05, 0) is 6.07 Å². The number of benzene rings is 1. The van der Waals surface area contributed by atoms with Crippen LogP contribution in [-0.4, -0.2) is 45.2 Å². The molecular formula is C12H13N3O7. The predicted octanol–water partition coefficient (Wildman–Crippen LogP) is 1.74. The molecule has 118 valence electrons. The van der Waals surface area contributed by atoms with Crippen LogP contribution < -0.4 is 4.90 Å². The van der Waals surface area contributed by atoms with E-state index in [0.29, 0.717) is 0 Å². The van der Waals surface area contributed by atoms with Gasteiger partial charge in [-0.1, -0.05) is 0 Å². The highest BCUT2D eigenvalue weighted by atomic mass is 16.6. The van der Waals surface area contributed by atoms with Crippen LogP contribution in [0.3, 0.4) is 0 Å². The van der Waals surface area contributed by atoms with Crippen molar-refractivity contribution in [3.05, 3.63) is 33.9 Å². The molecule has 0 heterocycles. The highest BCUT2D eigenvalue weighted by molar-refractivity contribution is 5.92. The van der Waals surface area contributed by atoms with Crippen molar-refractivity contribution in [2.75, 3.05) is 11.9 Å². The van der Waals surface area contributed by atoms with Gasteiger partial charge in [0.05, 0.1) is 11.5 Å². The number of hydrogen-bond donors (Lipinski definition) is 2. The van der Waals surface area contributed by atoms with Crippen molar-refractivity contribution < 1.29 is 29.5 Å². The van der Waals surface area contributed by atoms with E-state index in [0.717, 1.165) is 17.0 Å². The third-order valence-electron chi connectivity index (χ3n) is 2.90. The van der Waals surface area contributed by atoms with Gasteiger partial charge in [-0.2, -0.15) is 0 Å². The third-order valence-corrected chi connectivity index (χ3v) is 2.90. The zero-order valence-corrected chi connectivity index (χ0v) is 11.7. The molecule has 0 aliphatic carbocycles. The van der Waals surface area contributed by atoms with E-state index in [2.05, 4.69) is 0 Å². The van der Waals surface area contributed by atoms with E-state index in [1.165, 1.54) is 20.0 Å². The van der Waals surface area contributed by atoms with Crippen molar-refractivity contribution in [2.24, 2.45) is 0 Å². The van der Waals surface area contributed by atoms with Gasteiger partial charge in [0.1, 0.15) is 0 Å². The first-order valence-electron chi connectivity index (χ1n) is 5.90. The summed E-state index contributed by atoms with van der Waals surface area (Å²) in [5.41, 5.74) is -0.131. The predicted molar refractivity (Wildman–Crippen MR) is 73.8 cm³/mol. The Morgan fingerprint density at radius 3 is 2.18 bits per heavy atom. The van der Waals surface area contributed by atoms with Gasteiger partial charge in [0.25, 0.3) is 5.69 Å². The Hall–Kier alpha value is -3.17. The Labute approximate surface area is 124 Å². The fourth-order valence-corrected chi connectivity index (χ4v) is 1.70. The summed E-state index contributed by atoms with van der Waals surface area (Å²) in [5.74, 6) is -0.396. The fraction of sp³-hybridized carbons (Fsp3) is 0.250. The first-order valence-corrected chi connectivity index (χ1v) is 5.90. The number of carbonyl (C=O) groups is 3. The number of rotatable bonds is 4. The molecule has 1 rings (SSSR count). The maximum atomic E-state index is 11.4. The maximum absolute atomic E-state index is 11.4. The van der Waals surface area contributed by atoms with Crippen molar-refractivity contribution >= 4 is 29.5 Å². The topological polar surface area (TPSA) is 141 Å². The SMILES string of the molecule is CC(=O)N(C)c1ccc([N+](=O)[O-])cc1CN(C(=O)O)C(=O)O. The highest BCUT2D eigenvalue weighted by Crippen LogP contribution is 2.26. The quantitative estimate of drug-likeness (QED) is 0.637. The second-order valence-electron chi connectivity index (χ2n) is 4.30. The minimum absolute atomic E-state index is 0.0247. The molecule has 10 heteroatoms. The normalized spacial score (nSPS) is 9.91. The van der Waals surface area contributed by atoms with E-state index in [1.54, 1.807) is 0 Å². The van der Waals surface area contributed by atoms with Gasteiger partial charge in [-0.3, -0.25) is 14.9 Å². The molecule has 2 N–H and O–H groups in total. The largest absolute Gasteiger partial charge is 0.465 e. The van der Waals surface area contributed by atoms with Gasteiger partial charge in [0.2, 0.25) is 5.91 Å². The molecule has 0 aliphatic heterocycles. The molecule has 1 aromatic carbocycles. The van der Waals surface area contributed by atoms with E-state index < -0.39 is 29.6 Å². The minimum atomic E-state index is -1.73. The van der Waals surface area contributed by atoms with E-state index in [-0.39, 0.29) is 21.8 Å². The van der Waals surface area contributed by atoms with Crippen LogP contribution in [0, 0.1) is 10.1 Å². The Morgan fingerprint density at radius 1 is 1.23 bits per heavy atom. The summed E-state index contributed by atoms with van der Waals surface area (Å²) in [6.07, 6.45) is -3.45. The minimum Gasteiger partial charge on any atom is -0.465 e. The Morgan fingerprint density at radius 2 is 1.77 bits per heavy atom. The lowest BCUT2D eigenvalue weighted by Gasteiger charge is -2.21. The first-order chi connectivity index (χ1) is 10.1. The van der Waals surface area contributed by atoms with Crippen LogP contribution in [0.15, 0.2) is 18.2 Å². The van der Waals surface area contributed by atoms with Crippen LogP contribution in [0.4, 0.5) is 21.0 Å². The summed E-state index contributed by atoms with van der Waals surface area (Å²) < 4.78 is 0. The number of anilines is 1. The Kier molecular flexibility index (Phi) is 5.00. The fourth-order valence-electron chi connectivity index (χ4n) is 1.70. The number of nitro groups is 1. The molecule has 0 aliphatic rings. The van der Waals surface area contributed by atoms with Crippen molar-refractivity contribution in [2.45, 2.75) is 13.5 Å². The summed E-state index contributed by atoms with van der Waals surface area (Å²) in [7, 11) is 1.39. The molecule has 0 radical (unpaired) electrons. The van der Waals surface area contributed by atoms with Crippen molar-refractivity contribution in [3.63, 3.8) is 0 Å². The number of carbonyl (C=O) groups excluding carboxylic acids is 1. The lowest BCUT2D eigenvalue weighted by atomic mass is 10.1. The van der Waals surface area contributed by atoms with Crippen LogP contribution >= 0.6 is 0 Å². The van der Waals surface area contributed by atoms with E-state index in [4.69, 9.17) is 10.2 Å². The zero-order chi connectivity index (χ0) is 17.0. The average Bonchev–Trinajstić information content (AvgIpc) is 2.42. The molecule has 0 saturated heterocycles. The van der Waals surface area contributed by atoms with Crippen LogP contribution in [0.5, 0.6) is 0 Å². The second kappa shape index (κ2) is 6.52. The summed E-state index contributed by atoms with van der Waals surface area (Å²) in [6, 6.07) is 3.44. The summed E-state index contributed by atoms with van der Waals surface area (Å²) in [4.78, 5) is 44.5. The number of non-ortho nitro benzene ring substituents is 1. The third kappa shape index (κ3) is 3.69. The monoisotopic (exact) mass is 311 g/mol. The molecule has 0 unspecified atom stereocenters. The second-order valence-corrected chi connectivity index (χ2v) is 4.30. The molecule has 10 nitrogen and oxygen atoms in total. The average molecular weight is 311 g/mol. The lowest BCUT2D eigenvalue weighted by Crippen LogP contribution is -2.34. The smallest absolute Gasteiger partial charge is 0.417 e. The molecular weight excluding hydrogens is 298 g/mol. The van der Waals surface area contributed by atoms with Gasteiger partial charge in [0, 0.05) is 37.4 Å². The molecule has 0 aromatic heterocycles. The molecule has 3 amide bonds. The molecule has 0 saturated carbocycles. The maximum Gasteiger partial charge on any atom is 0.417 e. The number of nitro benzene ring substituents is 1. The van der Waals surface area contributed by atoms with Gasteiger partial charge in [0.15, 0.2) is 0 Å². The molecule has 22 heavy (non-hydrogen) atoms. The molecule has 0 fully saturated rings. The standard InChI is InChI=1S/C12H13N3O7/c1-7(16)13(2)10-4-3-9(15(21)22)5-8(10)6-14(11(17)18)12(19)20/h3-5H,6H2,1-2H3,(H,17,18)(H,19,20). The van der Waals surface area contributed by atoms with Crippen LogP contribution in [0.25, 0.3) is 0 Å². The zero-order valence-electron chi connectivity index (χ0n) is 11.7. The number of amides is 3. The van der Waals surface area contributed by atoms with Gasteiger partial charge in [-0.25, -0.2) is 14.5 Å². The van der Waals surface area contributed by atoms with Crippen molar-refractivity contribution in [3.8, 4) is 0 Å². The lowest BCUT2D eigenvalue weighted by molar-refractivity contribution is -0.384. The summed E-state index contributed by atoms with van der Waals surface area (Å²) >= 11 is 0. The summed E-state index contributed by atoms with van der Waals surface area (Å²) in [5, 5.41) is 28.5. The molecule has 0 bridgehead atoms. The number of hydrogen-bond acceptors (Lipinski definition) is 5. The number of nitrogens with zero attached hydrogens (tertiary/aromatic N) is 3. The molecule has 0 atom stereocenters. The van der Waals surface area contributed by atoms with E-state index >= 15 is 0 Å². The van der Waals surface area contributed by atoms with Crippen LogP contribution in [0.1, 0.15) is 12.5 Å².